The fourth-order valence-corrected chi connectivity index (χ4v) is 4.42. The summed E-state index contributed by atoms with van der Waals surface area (Å²) in [5.74, 6) is 0.678. The summed E-state index contributed by atoms with van der Waals surface area (Å²) in [6, 6.07) is 14.4. The molecule has 1 heterocycles. The highest BCUT2D eigenvalue weighted by Crippen LogP contribution is 2.24. The van der Waals surface area contributed by atoms with Crippen LogP contribution in [-0.4, -0.2) is 51.2 Å². The Morgan fingerprint density at radius 2 is 1.80 bits per heavy atom. The van der Waals surface area contributed by atoms with E-state index >= 15 is 0 Å². The fourth-order valence-electron chi connectivity index (χ4n) is 4.42. The number of hydrogen-bond acceptors (Lipinski definition) is 6. The van der Waals surface area contributed by atoms with E-state index in [1.165, 1.54) is 4.80 Å². The summed E-state index contributed by atoms with van der Waals surface area (Å²) >= 11 is 0. The number of benzene rings is 2. The molecule has 0 aliphatic heterocycles. The van der Waals surface area contributed by atoms with Crippen molar-refractivity contribution in [1.29, 1.82) is 0 Å². The smallest absolute Gasteiger partial charge is 0.251 e. The summed E-state index contributed by atoms with van der Waals surface area (Å²) in [6.45, 7) is 3.78. The first-order valence-electron chi connectivity index (χ1n) is 12.1. The zero-order chi connectivity index (χ0) is 24.8. The maximum absolute atomic E-state index is 13.6. The van der Waals surface area contributed by atoms with E-state index < -0.39 is 6.04 Å². The number of aryl methyl sites for hydroxylation is 1. The Bertz CT molecular complexity index is 1140. The topological polar surface area (TPSA) is 102 Å². The molecule has 0 radical (unpaired) electrons. The number of methoxy groups -OCH3 is 1. The van der Waals surface area contributed by atoms with E-state index in [-0.39, 0.29) is 24.4 Å². The molecule has 1 aromatic heterocycles. The van der Waals surface area contributed by atoms with Crippen molar-refractivity contribution in [2.24, 2.45) is 0 Å². The van der Waals surface area contributed by atoms with Crippen molar-refractivity contribution >= 4 is 17.5 Å². The van der Waals surface area contributed by atoms with E-state index in [1.54, 1.807) is 36.3 Å². The molecule has 1 unspecified atom stereocenters. The van der Waals surface area contributed by atoms with E-state index in [9.17, 15) is 9.59 Å². The Morgan fingerprint density at radius 3 is 2.43 bits per heavy atom. The second-order valence-electron chi connectivity index (χ2n) is 8.89. The molecule has 9 nitrogen and oxygen atoms in total. The highest BCUT2D eigenvalue weighted by atomic mass is 16.5. The molecule has 1 saturated carbocycles. The SMILES string of the molecule is CCC(C(=O)NC1CCCC1)N(C(=O)Cn1nnc(-c2ccc(C)cc2)n1)c1ccc(OC)cc1. The van der Waals surface area contributed by atoms with E-state index in [0.717, 1.165) is 36.8 Å². The van der Waals surface area contributed by atoms with Crippen molar-refractivity contribution in [3.63, 3.8) is 0 Å². The molecule has 2 aromatic carbocycles. The number of tetrazole rings is 1. The van der Waals surface area contributed by atoms with Gasteiger partial charge in [-0.2, -0.15) is 4.80 Å². The highest BCUT2D eigenvalue weighted by molar-refractivity contribution is 6.00. The van der Waals surface area contributed by atoms with Crippen LogP contribution in [0.25, 0.3) is 11.4 Å². The van der Waals surface area contributed by atoms with E-state index in [2.05, 4.69) is 20.7 Å². The summed E-state index contributed by atoms with van der Waals surface area (Å²) in [5.41, 5.74) is 2.57. The van der Waals surface area contributed by atoms with Gasteiger partial charge in [0.1, 0.15) is 18.3 Å². The number of ether oxygens (including phenoxy) is 1. The third kappa shape index (κ3) is 5.85. The monoisotopic (exact) mass is 476 g/mol. The first-order valence-corrected chi connectivity index (χ1v) is 12.1. The number of carbonyl (C=O) groups is 2. The summed E-state index contributed by atoms with van der Waals surface area (Å²) in [7, 11) is 1.59. The number of nitrogens with one attached hydrogen (secondary N) is 1. The molecule has 1 aliphatic carbocycles. The quantitative estimate of drug-likeness (QED) is 0.507. The Kier molecular flexibility index (Phi) is 7.74. The lowest BCUT2D eigenvalue weighted by Crippen LogP contribution is -2.52. The molecule has 1 atom stereocenters. The minimum atomic E-state index is -0.656. The minimum Gasteiger partial charge on any atom is -0.497 e. The zero-order valence-electron chi connectivity index (χ0n) is 20.5. The van der Waals surface area contributed by atoms with Crippen molar-refractivity contribution in [2.75, 3.05) is 12.0 Å². The molecule has 1 aliphatic rings. The number of anilines is 1. The van der Waals surface area contributed by atoms with Gasteiger partial charge in [0.15, 0.2) is 0 Å². The number of hydrogen-bond donors (Lipinski definition) is 1. The zero-order valence-corrected chi connectivity index (χ0v) is 20.5. The molecule has 1 N–H and O–H groups in total. The van der Waals surface area contributed by atoms with Crippen LogP contribution < -0.4 is 15.0 Å². The van der Waals surface area contributed by atoms with Gasteiger partial charge in [0.2, 0.25) is 11.7 Å². The maximum Gasteiger partial charge on any atom is 0.251 e. The molecule has 1 fully saturated rings. The van der Waals surface area contributed by atoms with Gasteiger partial charge in [0.25, 0.3) is 5.91 Å². The van der Waals surface area contributed by atoms with Gasteiger partial charge in [-0.3, -0.25) is 14.5 Å². The largest absolute Gasteiger partial charge is 0.497 e. The molecular weight excluding hydrogens is 444 g/mol. The van der Waals surface area contributed by atoms with Gasteiger partial charge in [0.05, 0.1) is 7.11 Å². The van der Waals surface area contributed by atoms with Crippen LogP contribution in [0.2, 0.25) is 0 Å². The van der Waals surface area contributed by atoms with Crippen LogP contribution in [0.1, 0.15) is 44.6 Å². The predicted molar refractivity (Wildman–Crippen MR) is 133 cm³/mol. The minimum absolute atomic E-state index is 0.141. The Balaban J connectivity index is 1.57. The summed E-state index contributed by atoms with van der Waals surface area (Å²) in [6.07, 6.45) is 4.65. The molecular formula is C26H32N6O3. The van der Waals surface area contributed by atoms with Crippen LogP contribution in [0.3, 0.4) is 0 Å². The van der Waals surface area contributed by atoms with Crippen LogP contribution in [0.5, 0.6) is 5.75 Å². The van der Waals surface area contributed by atoms with Crippen LogP contribution in [-0.2, 0) is 16.1 Å². The Hall–Kier alpha value is -3.75. The van der Waals surface area contributed by atoms with Crippen LogP contribution in [0, 0.1) is 6.92 Å². The van der Waals surface area contributed by atoms with Gasteiger partial charge in [-0.05, 0) is 55.7 Å². The van der Waals surface area contributed by atoms with Crippen molar-refractivity contribution in [3.8, 4) is 17.1 Å². The molecule has 9 heteroatoms. The molecule has 0 bridgehead atoms. The fraction of sp³-hybridized carbons (Fsp3) is 0.423. The first-order chi connectivity index (χ1) is 17.0. The average Bonchev–Trinajstić information content (AvgIpc) is 3.55. The van der Waals surface area contributed by atoms with Crippen molar-refractivity contribution in [3.05, 3.63) is 54.1 Å². The van der Waals surface area contributed by atoms with Gasteiger partial charge >= 0.3 is 0 Å². The summed E-state index contributed by atoms with van der Waals surface area (Å²) in [4.78, 5) is 29.7. The van der Waals surface area contributed by atoms with Crippen LogP contribution in [0.15, 0.2) is 48.5 Å². The Morgan fingerprint density at radius 1 is 1.11 bits per heavy atom. The average molecular weight is 477 g/mol. The number of carbonyl (C=O) groups excluding carboxylic acids is 2. The molecule has 0 saturated heterocycles. The molecule has 0 spiro atoms. The van der Waals surface area contributed by atoms with Gasteiger partial charge < -0.3 is 10.1 Å². The molecule has 184 valence electrons. The van der Waals surface area contributed by atoms with Gasteiger partial charge in [-0.1, -0.05) is 49.6 Å². The highest BCUT2D eigenvalue weighted by Gasteiger charge is 2.32. The lowest BCUT2D eigenvalue weighted by atomic mass is 10.1. The lowest BCUT2D eigenvalue weighted by molar-refractivity contribution is -0.127. The standard InChI is InChI=1S/C26H32N6O3/c1-4-23(26(34)27-20-7-5-6-8-20)32(21-13-15-22(35-3)16-14-21)24(33)17-31-29-25(28-30-31)19-11-9-18(2)10-12-19/h9-16,20,23H,4-8,17H2,1-3H3,(H,27,34). The van der Waals surface area contributed by atoms with Crippen molar-refractivity contribution in [2.45, 2.75) is 64.6 Å². The van der Waals surface area contributed by atoms with Gasteiger partial charge in [-0.25, -0.2) is 0 Å². The normalized spacial score (nSPS) is 14.5. The Labute approximate surface area is 205 Å². The second kappa shape index (κ2) is 11.1. The predicted octanol–water partition coefficient (Wildman–Crippen LogP) is 3.53. The molecule has 4 rings (SSSR count). The van der Waals surface area contributed by atoms with E-state index in [4.69, 9.17) is 4.74 Å². The number of nitrogens with zero attached hydrogens (tertiary/aromatic N) is 5. The number of amides is 2. The number of rotatable bonds is 9. The van der Waals surface area contributed by atoms with E-state index in [0.29, 0.717) is 23.7 Å². The second-order valence-corrected chi connectivity index (χ2v) is 8.89. The molecule has 3 aromatic rings. The van der Waals surface area contributed by atoms with Gasteiger partial charge in [0, 0.05) is 17.3 Å². The maximum atomic E-state index is 13.6. The van der Waals surface area contributed by atoms with Crippen molar-refractivity contribution < 1.29 is 14.3 Å². The van der Waals surface area contributed by atoms with Crippen LogP contribution >= 0.6 is 0 Å². The van der Waals surface area contributed by atoms with Crippen molar-refractivity contribution in [1.82, 2.24) is 25.5 Å². The number of aromatic nitrogens is 4. The van der Waals surface area contributed by atoms with E-state index in [1.807, 2.05) is 38.1 Å². The summed E-state index contributed by atoms with van der Waals surface area (Å²) < 4.78 is 5.27. The lowest BCUT2D eigenvalue weighted by Gasteiger charge is -2.31. The third-order valence-corrected chi connectivity index (χ3v) is 6.36. The first kappa shape index (κ1) is 24.4. The van der Waals surface area contributed by atoms with Gasteiger partial charge in [-0.15, -0.1) is 10.2 Å². The third-order valence-electron chi connectivity index (χ3n) is 6.36. The molecule has 2 amide bonds. The molecule has 35 heavy (non-hydrogen) atoms. The summed E-state index contributed by atoms with van der Waals surface area (Å²) in [5, 5.41) is 15.7. The van der Waals surface area contributed by atoms with Crippen LogP contribution in [0.4, 0.5) is 5.69 Å².